The van der Waals surface area contributed by atoms with Gasteiger partial charge in [0.2, 0.25) is 0 Å². The molecule has 0 spiro atoms. The Hall–Kier alpha value is -1.56. The number of aryl methyl sites for hydroxylation is 1. The Bertz CT molecular complexity index is 384. The van der Waals surface area contributed by atoms with Crippen LogP contribution in [0, 0.1) is 6.07 Å². The van der Waals surface area contributed by atoms with Gasteiger partial charge in [0.05, 0.1) is 0 Å². The van der Waals surface area contributed by atoms with Crippen molar-refractivity contribution < 1.29 is 0 Å². The molecule has 0 unspecified atom stereocenters. The summed E-state index contributed by atoms with van der Waals surface area (Å²) in [7, 11) is 0. The second kappa shape index (κ2) is 4.10. The van der Waals surface area contributed by atoms with Crippen LogP contribution in [0.2, 0.25) is 0 Å². The van der Waals surface area contributed by atoms with Gasteiger partial charge in [0.15, 0.2) is 0 Å². The molecule has 0 nitrogen and oxygen atoms in total. The van der Waals surface area contributed by atoms with Crippen molar-refractivity contribution in [2.24, 2.45) is 0 Å². The van der Waals surface area contributed by atoms with Gasteiger partial charge in [-0.15, -0.1) is 0 Å². The molecule has 0 aromatic heterocycles. The SMILES string of the molecule is CCc1[c]cc(-c2ccccc2)cc1. The van der Waals surface area contributed by atoms with Crippen LogP contribution in [0.1, 0.15) is 12.5 Å². The lowest BCUT2D eigenvalue weighted by molar-refractivity contribution is 1.14. The summed E-state index contributed by atoms with van der Waals surface area (Å²) >= 11 is 0. The first-order valence-corrected chi connectivity index (χ1v) is 4.96. The van der Waals surface area contributed by atoms with Crippen molar-refractivity contribution in [2.45, 2.75) is 13.3 Å². The maximum atomic E-state index is 3.29. The van der Waals surface area contributed by atoms with Gasteiger partial charge in [0.1, 0.15) is 0 Å². The number of rotatable bonds is 2. The van der Waals surface area contributed by atoms with Crippen molar-refractivity contribution >= 4 is 0 Å². The molecule has 0 amide bonds. The molecule has 0 heterocycles. The number of hydrogen-bond donors (Lipinski definition) is 0. The second-order valence-corrected chi connectivity index (χ2v) is 3.32. The Morgan fingerprint density at radius 2 is 1.71 bits per heavy atom. The Balaban J connectivity index is 2.34. The normalized spacial score (nSPS) is 10.1. The van der Waals surface area contributed by atoms with Gasteiger partial charge in [-0.3, -0.25) is 0 Å². The molecule has 0 saturated heterocycles. The lowest BCUT2D eigenvalue weighted by atomic mass is 10.0. The zero-order chi connectivity index (χ0) is 9.80. The third-order valence-corrected chi connectivity index (χ3v) is 2.37. The minimum atomic E-state index is 1.05. The minimum Gasteiger partial charge on any atom is -0.0622 e. The molecule has 0 aliphatic heterocycles. The first-order chi connectivity index (χ1) is 6.90. The van der Waals surface area contributed by atoms with Crippen LogP contribution in [0.25, 0.3) is 11.1 Å². The summed E-state index contributed by atoms with van der Waals surface area (Å²) in [6, 6.07) is 20.0. The lowest BCUT2D eigenvalue weighted by Gasteiger charge is -2.01. The molecule has 14 heavy (non-hydrogen) atoms. The lowest BCUT2D eigenvalue weighted by Crippen LogP contribution is -1.81. The van der Waals surface area contributed by atoms with Crippen LogP contribution in [-0.2, 0) is 6.42 Å². The molecule has 0 saturated carbocycles. The first kappa shape index (κ1) is 9.01. The van der Waals surface area contributed by atoms with Gasteiger partial charge in [-0.1, -0.05) is 49.4 Å². The fraction of sp³-hybridized carbons (Fsp3) is 0.143. The summed E-state index contributed by atoms with van der Waals surface area (Å²) in [5, 5.41) is 0. The smallest absolute Gasteiger partial charge is 0.0143 e. The van der Waals surface area contributed by atoms with Gasteiger partial charge in [0.25, 0.3) is 0 Å². The summed E-state index contributed by atoms with van der Waals surface area (Å²) in [5.74, 6) is 0. The van der Waals surface area contributed by atoms with E-state index in [-0.39, 0.29) is 0 Å². The number of hydrogen-bond acceptors (Lipinski definition) is 0. The molecular formula is C14H13. The fourth-order valence-corrected chi connectivity index (χ4v) is 1.49. The molecule has 0 fully saturated rings. The Kier molecular flexibility index (Phi) is 2.64. The maximum Gasteiger partial charge on any atom is -0.0143 e. The highest BCUT2D eigenvalue weighted by Gasteiger charge is 1.95. The van der Waals surface area contributed by atoms with Crippen LogP contribution in [-0.4, -0.2) is 0 Å². The van der Waals surface area contributed by atoms with E-state index in [1.54, 1.807) is 0 Å². The summed E-state index contributed by atoms with van der Waals surface area (Å²) in [5.41, 5.74) is 3.76. The molecular weight excluding hydrogens is 168 g/mol. The van der Waals surface area contributed by atoms with Crippen LogP contribution in [0.5, 0.6) is 0 Å². The highest BCUT2D eigenvalue weighted by molar-refractivity contribution is 5.63. The summed E-state index contributed by atoms with van der Waals surface area (Å²) in [6.45, 7) is 2.15. The van der Waals surface area contributed by atoms with E-state index in [4.69, 9.17) is 0 Å². The second-order valence-electron chi connectivity index (χ2n) is 3.32. The van der Waals surface area contributed by atoms with Crippen LogP contribution < -0.4 is 0 Å². The van der Waals surface area contributed by atoms with Crippen molar-refractivity contribution in [3.63, 3.8) is 0 Å². The molecule has 0 bridgehead atoms. The highest BCUT2D eigenvalue weighted by Crippen LogP contribution is 2.18. The van der Waals surface area contributed by atoms with E-state index in [1.165, 1.54) is 16.7 Å². The molecule has 2 aromatic rings. The molecule has 2 rings (SSSR count). The van der Waals surface area contributed by atoms with Crippen LogP contribution in [0.3, 0.4) is 0 Å². The van der Waals surface area contributed by atoms with Gasteiger partial charge in [-0.25, -0.2) is 0 Å². The van der Waals surface area contributed by atoms with Crippen LogP contribution in [0.4, 0.5) is 0 Å². The van der Waals surface area contributed by atoms with E-state index < -0.39 is 0 Å². The molecule has 0 aliphatic carbocycles. The van der Waals surface area contributed by atoms with E-state index in [2.05, 4.69) is 55.5 Å². The molecule has 0 heteroatoms. The Labute approximate surface area is 85.2 Å². The van der Waals surface area contributed by atoms with E-state index in [9.17, 15) is 0 Å². The monoisotopic (exact) mass is 181 g/mol. The van der Waals surface area contributed by atoms with Crippen molar-refractivity contribution in [3.05, 3.63) is 60.2 Å². The van der Waals surface area contributed by atoms with Crippen molar-refractivity contribution in [1.82, 2.24) is 0 Å². The largest absolute Gasteiger partial charge is 0.0622 e. The van der Waals surface area contributed by atoms with E-state index in [1.807, 2.05) is 6.07 Å². The first-order valence-electron chi connectivity index (χ1n) is 4.96. The Morgan fingerprint density at radius 1 is 0.929 bits per heavy atom. The molecule has 0 N–H and O–H groups in total. The van der Waals surface area contributed by atoms with Gasteiger partial charge in [-0.2, -0.15) is 0 Å². The zero-order valence-corrected chi connectivity index (χ0v) is 8.33. The van der Waals surface area contributed by atoms with Crippen molar-refractivity contribution in [2.75, 3.05) is 0 Å². The van der Waals surface area contributed by atoms with Gasteiger partial charge < -0.3 is 0 Å². The third-order valence-electron chi connectivity index (χ3n) is 2.37. The van der Waals surface area contributed by atoms with E-state index in [0.717, 1.165) is 6.42 Å². The quantitative estimate of drug-likeness (QED) is 0.662. The molecule has 2 aromatic carbocycles. The zero-order valence-electron chi connectivity index (χ0n) is 8.33. The Morgan fingerprint density at radius 3 is 2.29 bits per heavy atom. The van der Waals surface area contributed by atoms with Crippen LogP contribution in [0.15, 0.2) is 48.5 Å². The molecule has 0 aliphatic rings. The number of benzene rings is 2. The topological polar surface area (TPSA) is 0 Å². The summed E-state index contributed by atoms with van der Waals surface area (Å²) in [6.07, 6.45) is 1.05. The highest BCUT2D eigenvalue weighted by atomic mass is 14.0. The van der Waals surface area contributed by atoms with Crippen molar-refractivity contribution in [1.29, 1.82) is 0 Å². The van der Waals surface area contributed by atoms with Gasteiger partial charge >= 0.3 is 0 Å². The maximum absolute atomic E-state index is 3.29. The predicted molar refractivity (Wildman–Crippen MR) is 60.1 cm³/mol. The molecule has 1 radical (unpaired) electrons. The van der Waals surface area contributed by atoms with E-state index in [0.29, 0.717) is 0 Å². The van der Waals surface area contributed by atoms with E-state index >= 15 is 0 Å². The van der Waals surface area contributed by atoms with Gasteiger partial charge in [0, 0.05) is 0 Å². The van der Waals surface area contributed by atoms with Crippen LogP contribution >= 0.6 is 0 Å². The molecule has 69 valence electrons. The summed E-state index contributed by atoms with van der Waals surface area (Å²) in [4.78, 5) is 0. The average molecular weight is 181 g/mol. The third kappa shape index (κ3) is 1.85. The average Bonchev–Trinajstić information content (AvgIpc) is 2.30. The predicted octanol–water partition coefficient (Wildman–Crippen LogP) is 3.72. The fourth-order valence-electron chi connectivity index (χ4n) is 1.49. The standard InChI is InChI=1S/C14H13/c1-2-12-8-10-14(11-9-12)13-6-4-3-5-7-13/h3-8,10-11H,2H2,1H3. The van der Waals surface area contributed by atoms with Crippen molar-refractivity contribution in [3.8, 4) is 11.1 Å². The molecule has 0 atom stereocenters. The van der Waals surface area contributed by atoms with Gasteiger partial charge in [-0.05, 0) is 35.2 Å². The minimum absolute atomic E-state index is 1.05. The summed E-state index contributed by atoms with van der Waals surface area (Å²) < 4.78 is 0.